The first kappa shape index (κ1) is 14.4. The maximum absolute atomic E-state index is 9.51. The van der Waals surface area contributed by atoms with Gasteiger partial charge in [0, 0.05) is 31.5 Å². The second-order valence-electron chi connectivity index (χ2n) is 5.27. The number of fused-ring (bicyclic) bond motifs is 1. The molecule has 1 atom stereocenters. The molecule has 3 heterocycles. The Morgan fingerprint density at radius 2 is 2.00 bits per heavy atom. The molecule has 0 aliphatic carbocycles. The highest BCUT2D eigenvalue weighted by Crippen LogP contribution is 2.26. The maximum Gasteiger partial charge on any atom is 0.164 e. The summed E-state index contributed by atoms with van der Waals surface area (Å²) in [5, 5.41) is 18.0. The number of nitrogens with one attached hydrogen (secondary N) is 1. The van der Waals surface area contributed by atoms with E-state index in [1.54, 1.807) is 24.0 Å². The molecule has 0 amide bonds. The third-order valence-electron chi connectivity index (χ3n) is 3.36. The largest absolute Gasteiger partial charge is 0.392 e. The highest BCUT2D eigenvalue weighted by molar-refractivity contribution is 5.90. The molecule has 0 aromatic carbocycles. The smallest absolute Gasteiger partial charge is 0.164 e. The van der Waals surface area contributed by atoms with Crippen molar-refractivity contribution >= 4 is 16.9 Å². The summed E-state index contributed by atoms with van der Waals surface area (Å²) in [6.45, 7) is 4.06. The summed E-state index contributed by atoms with van der Waals surface area (Å²) in [5.74, 6) is 1.29. The average molecular weight is 298 g/mol. The van der Waals surface area contributed by atoms with Gasteiger partial charge >= 0.3 is 0 Å². The lowest BCUT2D eigenvalue weighted by Crippen LogP contribution is -2.16. The van der Waals surface area contributed by atoms with Crippen LogP contribution in [0, 0.1) is 6.92 Å². The van der Waals surface area contributed by atoms with Gasteiger partial charge in [0.25, 0.3) is 0 Å². The van der Waals surface area contributed by atoms with E-state index in [4.69, 9.17) is 0 Å². The van der Waals surface area contributed by atoms with E-state index in [1.807, 2.05) is 26.1 Å². The molecule has 7 nitrogen and oxygen atoms in total. The Kier molecular flexibility index (Phi) is 3.72. The van der Waals surface area contributed by atoms with Crippen LogP contribution in [-0.4, -0.2) is 42.5 Å². The molecule has 0 radical (unpaired) electrons. The molecule has 114 valence electrons. The second-order valence-corrected chi connectivity index (χ2v) is 5.27. The minimum atomic E-state index is -0.466. The van der Waals surface area contributed by atoms with E-state index in [9.17, 15) is 5.11 Å². The number of nitrogens with zero attached hydrogens (tertiary/aromatic N) is 5. The number of pyridine rings is 1. The van der Waals surface area contributed by atoms with E-state index < -0.39 is 6.10 Å². The zero-order valence-electron chi connectivity index (χ0n) is 12.8. The minimum Gasteiger partial charge on any atom is -0.392 e. The van der Waals surface area contributed by atoms with Gasteiger partial charge < -0.3 is 10.4 Å². The standard InChI is InChI=1S/C15H18N6O/c1-9(22)8-17-14-12-10(2)20-21(3)15(12)19-13(18-14)11-4-6-16-7-5-11/h4-7,9,22H,8H2,1-3H3,(H,17,18,19)/t9-/m0/s1. The average Bonchev–Trinajstić information content (AvgIpc) is 2.80. The van der Waals surface area contributed by atoms with E-state index in [0.29, 0.717) is 18.2 Å². The van der Waals surface area contributed by atoms with Crippen LogP contribution < -0.4 is 5.32 Å². The summed E-state index contributed by atoms with van der Waals surface area (Å²) in [4.78, 5) is 13.2. The maximum atomic E-state index is 9.51. The lowest BCUT2D eigenvalue weighted by Gasteiger charge is -2.11. The number of rotatable bonds is 4. The summed E-state index contributed by atoms with van der Waals surface area (Å²) in [7, 11) is 1.86. The number of aryl methyl sites for hydroxylation is 2. The normalized spacial score (nSPS) is 12.5. The Hall–Kier alpha value is -2.54. The number of hydrogen-bond acceptors (Lipinski definition) is 6. The molecule has 2 N–H and O–H groups in total. The molecular weight excluding hydrogens is 280 g/mol. The Morgan fingerprint density at radius 3 is 2.68 bits per heavy atom. The molecule has 0 bridgehead atoms. The molecule has 0 unspecified atom stereocenters. The molecule has 3 rings (SSSR count). The molecule has 0 spiro atoms. The van der Waals surface area contributed by atoms with Gasteiger partial charge in [-0.05, 0) is 26.0 Å². The molecule has 0 fully saturated rings. The Balaban J connectivity index is 2.17. The third kappa shape index (κ3) is 2.62. The monoisotopic (exact) mass is 298 g/mol. The topological polar surface area (TPSA) is 88.8 Å². The van der Waals surface area contributed by atoms with Crippen molar-refractivity contribution < 1.29 is 5.11 Å². The van der Waals surface area contributed by atoms with E-state index in [1.165, 1.54) is 0 Å². The minimum absolute atomic E-state index is 0.413. The molecular formula is C15H18N6O. The fourth-order valence-electron chi connectivity index (χ4n) is 2.34. The highest BCUT2D eigenvalue weighted by Gasteiger charge is 2.16. The summed E-state index contributed by atoms with van der Waals surface area (Å²) < 4.78 is 1.74. The first-order chi connectivity index (χ1) is 10.6. The molecule has 0 aliphatic heterocycles. The van der Waals surface area contributed by atoms with Gasteiger partial charge in [-0.25, -0.2) is 9.97 Å². The van der Waals surface area contributed by atoms with Crippen LogP contribution in [-0.2, 0) is 7.05 Å². The van der Waals surface area contributed by atoms with Crippen LogP contribution >= 0.6 is 0 Å². The van der Waals surface area contributed by atoms with Crippen LogP contribution in [0.15, 0.2) is 24.5 Å². The molecule has 0 saturated carbocycles. The zero-order chi connectivity index (χ0) is 15.7. The van der Waals surface area contributed by atoms with Crippen LogP contribution in [0.1, 0.15) is 12.6 Å². The number of hydrogen-bond donors (Lipinski definition) is 2. The summed E-state index contributed by atoms with van der Waals surface area (Å²) in [6, 6.07) is 3.73. The lowest BCUT2D eigenvalue weighted by molar-refractivity contribution is 0.208. The summed E-state index contributed by atoms with van der Waals surface area (Å²) in [5.41, 5.74) is 2.50. The van der Waals surface area contributed by atoms with Crippen molar-refractivity contribution in [1.29, 1.82) is 0 Å². The Labute approximate surface area is 128 Å². The highest BCUT2D eigenvalue weighted by atomic mass is 16.3. The van der Waals surface area contributed by atoms with Gasteiger partial charge in [0.15, 0.2) is 11.5 Å². The van der Waals surface area contributed by atoms with Crippen molar-refractivity contribution in [1.82, 2.24) is 24.7 Å². The van der Waals surface area contributed by atoms with Gasteiger partial charge in [0.05, 0.1) is 17.2 Å². The molecule has 3 aromatic heterocycles. The van der Waals surface area contributed by atoms with Gasteiger partial charge in [-0.3, -0.25) is 9.67 Å². The van der Waals surface area contributed by atoms with Crippen molar-refractivity contribution in [2.24, 2.45) is 7.05 Å². The van der Waals surface area contributed by atoms with Crippen LogP contribution in [0.5, 0.6) is 0 Å². The third-order valence-corrected chi connectivity index (χ3v) is 3.36. The molecule has 7 heteroatoms. The summed E-state index contributed by atoms with van der Waals surface area (Å²) >= 11 is 0. The first-order valence-electron chi connectivity index (χ1n) is 7.10. The second kappa shape index (κ2) is 5.69. The van der Waals surface area contributed by atoms with Crippen LogP contribution in [0.25, 0.3) is 22.4 Å². The van der Waals surface area contributed by atoms with Gasteiger partial charge in [-0.1, -0.05) is 0 Å². The fraction of sp³-hybridized carbons (Fsp3) is 0.333. The molecule has 3 aromatic rings. The van der Waals surface area contributed by atoms with Crippen LogP contribution in [0.4, 0.5) is 5.82 Å². The Morgan fingerprint density at radius 1 is 1.27 bits per heavy atom. The number of aromatic nitrogens is 5. The van der Waals surface area contributed by atoms with Crippen molar-refractivity contribution in [3.05, 3.63) is 30.2 Å². The number of aliphatic hydroxyl groups is 1. The zero-order valence-corrected chi connectivity index (χ0v) is 12.8. The fourth-order valence-corrected chi connectivity index (χ4v) is 2.34. The summed E-state index contributed by atoms with van der Waals surface area (Å²) in [6.07, 6.45) is 2.95. The van der Waals surface area contributed by atoms with Crippen molar-refractivity contribution in [3.8, 4) is 11.4 Å². The van der Waals surface area contributed by atoms with Crippen LogP contribution in [0.2, 0.25) is 0 Å². The molecule has 22 heavy (non-hydrogen) atoms. The SMILES string of the molecule is Cc1nn(C)c2nc(-c3ccncc3)nc(NC[C@H](C)O)c12. The number of anilines is 1. The van der Waals surface area contributed by atoms with Gasteiger partial charge in [0.2, 0.25) is 0 Å². The van der Waals surface area contributed by atoms with E-state index in [2.05, 4.69) is 25.4 Å². The molecule has 0 aliphatic rings. The Bertz CT molecular complexity index is 797. The predicted octanol–water partition coefficient (Wildman–Crippen LogP) is 1.53. The van der Waals surface area contributed by atoms with E-state index in [-0.39, 0.29) is 0 Å². The van der Waals surface area contributed by atoms with E-state index >= 15 is 0 Å². The first-order valence-corrected chi connectivity index (χ1v) is 7.10. The predicted molar refractivity (Wildman–Crippen MR) is 84.4 cm³/mol. The van der Waals surface area contributed by atoms with Crippen molar-refractivity contribution in [2.45, 2.75) is 20.0 Å². The number of aliphatic hydroxyl groups excluding tert-OH is 1. The molecule has 0 saturated heterocycles. The van der Waals surface area contributed by atoms with Gasteiger partial charge in [-0.2, -0.15) is 5.10 Å². The van der Waals surface area contributed by atoms with Crippen molar-refractivity contribution in [2.75, 3.05) is 11.9 Å². The van der Waals surface area contributed by atoms with Gasteiger partial charge in [0.1, 0.15) is 5.82 Å². The lowest BCUT2D eigenvalue weighted by atomic mass is 10.2. The van der Waals surface area contributed by atoms with Gasteiger partial charge in [-0.15, -0.1) is 0 Å². The quantitative estimate of drug-likeness (QED) is 0.759. The van der Waals surface area contributed by atoms with E-state index in [0.717, 1.165) is 22.3 Å². The van der Waals surface area contributed by atoms with Crippen molar-refractivity contribution in [3.63, 3.8) is 0 Å². The van der Waals surface area contributed by atoms with Crippen LogP contribution in [0.3, 0.4) is 0 Å².